The summed E-state index contributed by atoms with van der Waals surface area (Å²) in [6.45, 7) is 16.9. The fraction of sp³-hybridized carbons (Fsp3) is 0.830. The van der Waals surface area contributed by atoms with Crippen LogP contribution in [0.3, 0.4) is 0 Å². The molecule has 1 aromatic heterocycles. The van der Waals surface area contributed by atoms with Crippen LogP contribution in [0, 0.1) is 17.8 Å². The van der Waals surface area contributed by atoms with Gasteiger partial charge in [-0.05, 0) is 117 Å². The van der Waals surface area contributed by atoms with E-state index in [4.69, 9.17) is 33.2 Å². The lowest BCUT2D eigenvalue weighted by molar-refractivity contribution is -0.318. The predicted molar refractivity (Wildman–Crippen MR) is 275 cm³/mol. The van der Waals surface area contributed by atoms with Crippen LogP contribution in [0.1, 0.15) is 118 Å². The highest BCUT2D eigenvalue weighted by atomic mass is 32.2. The Bertz CT molecular complexity index is 2150. The number of esters is 1. The van der Waals surface area contributed by atoms with E-state index in [0.29, 0.717) is 37.2 Å². The van der Waals surface area contributed by atoms with Gasteiger partial charge < -0.3 is 73.0 Å². The van der Waals surface area contributed by atoms with Crippen molar-refractivity contribution in [3.8, 4) is 0 Å². The number of halogens is 4. The van der Waals surface area contributed by atoms with Crippen molar-refractivity contribution in [2.24, 2.45) is 17.8 Å². The molecule has 19 nitrogen and oxygen atoms in total. The molecule has 0 bridgehead atoms. The zero-order valence-corrected chi connectivity index (χ0v) is 47.9. The molecule has 3 fully saturated rings. The Balaban J connectivity index is 1.42. The first-order valence-corrected chi connectivity index (χ1v) is 28.0. The van der Waals surface area contributed by atoms with E-state index in [-0.39, 0.29) is 30.1 Å². The molecule has 5 rings (SSSR count). The second-order valence-corrected chi connectivity index (χ2v) is 24.1. The number of cyclic esters (lactones) is 1. The van der Waals surface area contributed by atoms with Crippen LogP contribution < -0.4 is 0 Å². The van der Waals surface area contributed by atoms with E-state index >= 15 is 0 Å². The normalized spacial score (nSPS) is 38.9. The summed E-state index contributed by atoms with van der Waals surface area (Å²) in [7, 11) is 6.45. The lowest BCUT2D eigenvalue weighted by atomic mass is 9.77. The third-order valence-electron chi connectivity index (χ3n) is 16.3. The molecule has 0 spiro atoms. The summed E-state index contributed by atoms with van der Waals surface area (Å²) in [4.78, 5) is 18.3. The summed E-state index contributed by atoms with van der Waals surface area (Å²) in [5.41, 5.74) is -3.79. The molecule has 0 amide bonds. The molecule has 0 aliphatic carbocycles. The van der Waals surface area contributed by atoms with Crippen LogP contribution in [-0.2, 0) is 55.5 Å². The summed E-state index contributed by atoms with van der Waals surface area (Å²) in [6, 6.07) is 3.26. The molecular formula is C53H87F4N5O14S. The third-order valence-corrected chi connectivity index (χ3v) is 17.6. The maximum Gasteiger partial charge on any atom is 0.433 e. The molecule has 2 aromatic rings. The first-order chi connectivity index (χ1) is 35.8. The standard InChI is InChI=1S/C53H87F4N5O14S/c1-15-40-52(10,68)45(64)33(6)61(12)26-29(2)23-50(8,67)47(31(4)43(32(5)48(66)74-40)75-41-24-51(9,71-14)46(65)34(7)73-41)76-49-42(63)38(22-30(3)72-49)60(11)21-20-36-27-62(59-58-36)39(25-54)44(70-13)35-16-18-37(19-17-35)77(69)28-53(55,56)57/h16-19,27,29-34,38-47,49,63-65,67-68H,15,20-26,28H2,1-14H3/t29-,30-,31+,32-,33-,34+,38+,39-,40-,41+,42-,43+,44-,45-,46+,47-,49+,50-,51-,52-,77?/m1/s1. The summed E-state index contributed by atoms with van der Waals surface area (Å²) in [6.07, 6.45) is -13.7. The van der Waals surface area contributed by atoms with E-state index in [1.54, 1.807) is 61.7 Å². The molecule has 5 N–H and O–H groups in total. The van der Waals surface area contributed by atoms with Gasteiger partial charge in [-0.15, -0.1) is 5.10 Å². The van der Waals surface area contributed by atoms with Gasteiger partial charge in [0, 0.05) is 64.3 Å². The summed E-state index contributed by atoms with van der Waals surface area (Å²) in [5.74, 6) is -4.53. The number of benzene rings is 1. The van der Waals surface area contributed by atoms with Crippen molar-refractivity contribution in [3.05, 3.63) is 41.7 Å². The summed E-state index contributed by atoms with van der Waals surface area (Å²) < 4.78 is 111. The second kappa shape index (κ2) is 26.9. The molecule has 77 heavy (non-hydrogen) atoms. The first-order valence-electron chi connectivity index (χ1n) is 26.6. The van der Waals surface area contributed by atoms with Gasteiger partial charge in [0.25, 0.3) is 0 Å². The molecule has 24 heteroatoms. The molecule has 3 saturated heterocycles. The lowest BCUT2D eigenvalue weighted by Crippen LogP contribution is -2.61. The molecule has 21 atom stereocenters. The number of alkyl halides is 4. The van der Waals surface area contributed by atoms with Crippen LogP contribution in [0.5, 0.6) is 0 Å². The topological polar surface area (TPSA) is 243 Å². The highest BCUT2D eigenvalue weighted by Gasteiger charge is 2.53. The molecule has 0 radical (unpaired) electrons. The monoisotopic (exact) mass is 1130 g/mol. The fourth-order valence-electron chi connectivity index (χ4n) is 11.6. The molecule has 442 valence electrons. The Labute approximate surface area is 454 Å². The number of hydrogen-bond acceptors (Lipinski definition) is 18. The van der Waals surface area contributed by atoms with Crippen molar-refractivity contribution in [3.63, 3.8) is 0 Å². The molecule has 4 heterocycles. The van der Waals surface area contributed by atoms with Crippen molar-refractivity contribution in [2.45, 2.75) is 215 Å². The number of carbonyl (C=O) groups excluding carboxylic acids is 1. The average molecular weight is 1130 g/mol. The van der Waals surface area contributed by atoms with E-state index in [2.05, 4.69) is 10.3 Å². The minimum absolute atomic E-state index is 0.0340. The third kappa shape index (κ3) is 15.9. The summed E-state index contributed by atoms with van der Waals surface area (Å²) in [5, 5.41) is 68.2. The minimum Gasteiger partial charge on any atom is -0.611 e. The number of carbonyl (C=O) groups is 1. The second-order valence-electron chi connectivity index (χ2n) is 22.7. The van der Waals surface area contributed by atoms with Crippen molar-refractivity contribution < 1.29 is 85.6 Å². The largest absolute Gasteiger partial charge is 0.611 e. The number of rotatable bonds is 17. The lowest BCUT2D eigenvalue weighted by Gasteiger charge is -2.49. The van der Waals surface area contributed by atoms with Gasteiger partial charge >= 0.3 is 12.1 Å². The SMILES string of the molecule is CC[C@H]1OC(=O)[C@H](C)[C@@H](O[C@H]2C[C@@](C)(OC)[C@@H](O)[C@H](C)O2)[C@H](C)[C@@H](O[C@@H]2O[C@H](C)C[C@H](N(C)CCc3cn([C@H](CF)[C@H](OC)c4ccc([S+]([O-])CC(F)(F)F)cc4)nn3)[C@H]2O)[C@](C)(O)C[C@@H](C)CN(C)[C@H](C)[C@@H](O)[C@]1(C)O. The minimum atomic E-state index is -4.62. The van der Waals surface area contributed by atoms with E-state index in [9.17, 15) is 52.4 Å². The smallest absolute Gasteiger partial charge is 0.433 e. The molecule has 1 unspecified atom stereocenters. The van der Waals surface area contributed by atoms with E-state index in [1.165, 1.54) is 50.1 Å². The van der Waals surface area contributed by atoms with Gasteiger partial charge in [-0.3, -0.25) is 4.79 Å². The van der Waals surface area contributed by atoms with Crippen LogP contribution in [0.25, 0.3) is 0 Å². The van der Waals surface area contributed by atoms with Crippen LogP contribution >= 0.6 is 0 Å². The molecule has 3 aliphatic heterocycles. The predicted octanol–water partition coefficient (Wildman–Crippen LogP) is 4.67. The zero-order valence-electron chi connectivity index (χ0n) is 47.1. The van der Waals surface area contributed by atoms with Crippen molar-refractivity contribution >= 4 is 17.1 Å². The van der Waals surface area contributed by atoms with E-state index in [1.807, 2.05) is 30.7 Å². The number of hydrogen-bond donors (Lipinski definition) is 5. The van der Waals surface area contributed by atoms with Gasteiger partial charge in [-0.2, -0.15) is 13.2 Å². The average Bonchev–Trinajstić information content (AvgIpc) is 3.84. The van der Waals surface area contributed by atoms with Gasteiger partial charge in [0.05, 0.1) is 47.2 Å². The van der Waals surface area contributed by atoms with E-state index < -0.39 is 150 Å². The van der Waals surface area contributed by atoms with E-state index in [0.717, 1.165) is 0 Å². The zero-order chi connectivity index (χ0) is 57.7. The Morgan fingerprint density at radius 3 is 2.22 bits per heavy atom. The highest BCUT2D eigenvalue weighted by Crippen LogP contribution is 2.41. The van der Waals surface area contributed by atoms with Crippen LogP contribution in [0.4, 0.5) is 17.6 Å². The van der Waals surface area contributed by atoms with Gasteiger partial charge in [0.2, 0.25) is 5.75 Å². The maximum atomic E-state index is 14.8. The number of aliphatic hydroxyl groups excluding tert-OH is 3. The number of likely N-dealkylation sites (N-methyl/N-ethyl adjacent to an activating group) is 2. The molecule has 3 aliphatic rings. The Hall–Kier alpha value is -2.66. The first kappa shape index (κ1) is 65.2. The summed E-state index contributed by atoms with van der Waals surface area (Å²) >= 11 is -2.32. The van der Waals surface area contributed by atoms with Crippen molar-refractivity contribution in [1.29, 1.82) is 0 Å². The van der Waals surface area contributed by atoms with Gasteiger partial charge in [-0.25, -0.2) is 9.07 Å². The number of aliphatic hydroxyl groups is 5. The van der Waals surface area contributed by atoms with Gasteiger partial charge in [0.1, 0.15) is 48.8 Å². The molecular weight excluding hydrogens is 1040 g/mol. The fourth-order valence-corrected chi connectivity index (χ4v) is 12.5. The Morgan fingerprint density at radius 2 is 1.64 bits per heavy atom. The Morgan fingerprint density at radius 1 is 0.987 bits per heavy atom. The number of methoxy groups -OCH3 is 2. The van der Waals surface area contributed by atoms with Gasteiger partial charge in [-0.1, -0.05) is 38.1 Å². The van der Waals surface area contributed by atoms with Gasteiger partial charge in [0.15, 0.2) is 17.5 Å². The van der Waals surface area contributed by atoms with Crippen LogP contribution in [0.15, 0.2) is 35.4 Å². The van der Waals surface area contributed by atoms with Crippen molar-refractivity contribution in [1.82, 2.24) is 24.8 Å². The highest BCUT2D eigenvalue weighted by molar-refractivity contribution is 7.91. The molecule has 1 aromatic carbocycles. The maximum absolute atomic E-state index is 14.8. The van der Waals surface area contributed by atoms with Crippen molar-refractivity contribution in [2.75, 3.05) is 53.8 Å². The number of ether oxygens (including phenoxy) is 7. The number of nitrogens with zero attached hydrogens (tertiary/aromatic N) is 5. The quantitative estimate of drug-likeness (QED) is 0.0821. The number of aromatic nitrogens is 3. The van der Waals surface area contributed by atoms with Crippen LogP contribution in [0.2, 0.25) is 0 Å². The Kier molecular flexibility index (Phi) is 22.8. The van der Waals surface area contributed by atoms with Crippen LogP contribution in [-0.4, -0.2) is 211 Å². The molecule has 0 saturated carbocycles.